The molecule has 0 amide bonds. The van der Waals surface area contributed by atoms with Gasteiger partial charge >= 0.3 is 0 Å². The Balaban J connectivity index is 1.64. The zero-order chi connectivity index (χ0) is 25.8. The number of halogens is 1. The predicted octanol–water partition coefficient (Wildman–Crippen LogP) is 4.28. The van der Waals surface area contributed by atoms with Crippen LogP contribution in [-0.2, 0) is 21.3 Å². The maximum absolute atomic E-state index is 13.2. The summed E-state index contributed by atoms with van der Waals surface area (Å²) in [6.07, 6.45) is 3.37. The van der Waals surface area contributed by atoms with Crippen molar-refractivity contribution >= 4 is 45.0 Å². The number of hydrogen-bond acceptors (Lipinski definition) is 9. The zero-order valence-corrected chi connectivity index (χ0v) is 22.9. The van der Waals surface area contributed by atoms with E-state index in [9.17, 15) is 13.7 Å². The van der Waals surface area contributed by atoms with Gasteiger partial charge in [0, 0.05) is 48.0 Å². The van der Waals surface area contributed by atoms with Gasteiger partial charge in [0.05, 0.1) is 27.6 Å². The van der Waals surface area contributed by atoms with Gasteiger partial charge in [0.2, 0.25) is 9.84 Å². The number of aromatic nitrogens is 3. The first-order chi connectivity index (χ1) is 17.4. The van der Waals surface area contributed by atoms with E-state index in [4.69, 9.17) is 11.6 Å². The molecule has 1 aromatic carbocycles. The highest BCUT2D eigenvalue weighted by Crippen LogP contribution is 2.21. The molecule has 0 aliphatic rings. The Morgan fingerprint density at radius 2 is 1.75 bits per heavy atom. The summed E-state index contributed by atoms with van der Waals surface area (Å²) >= 11 is 9.45. The lowest BCUT2D eigenvalue weighted by Crippen LogP contribution is -2.32. The Hall–Kier alpha value is -2.65. The number of rotatable bonds is 14. The molecule has 36 heavy (non-hydrogen) atoms. The largest absolute Gasteiger partial charge is 0.369 e. The van der Waals surface area contributed by atoms with Crippen LogP contribution in [-0.4, -0.2) is 48.0 Å². The molecule has 0 aliphatic heterocycles. The number of nitrogens with zero attached hydrogens (tertiary/aromatic N) is 3. The summed E-state index contributed by atoms with van der Waals surface area (Å²) in [5.41, 5.74) is 2.82. The van der Waals surface area contributed by atoms with E-state index in [0.29, 0.717) is 35.4 Å². The Bertz CT molecular complexity index is 1310. The molecule has 0 radical (unpaired) electrons. The van der Waals surface area contributed by atoms with Gasteiger partial charge in [-0.2, -0.15) is 28.8 Å². The van der Waals surface area contributed by atoms with Crippen LogP contribution < -0.4 is 10.6 Å². The summed E-state index contributed by atoms with van der Waals surface area (Å²) in [4.78, 5) is 11.3. The van der Waals surface area contributed by atoms with Crippen molar-refractivity contribution in [3.63, 3.8) is 0 Å². The quantitative estimate of drug-likeness (QED) is 0.195. The number of thioether (sulfide) groups is 2. The predicted molar refractivity (Wildman–Crippen MR) is 147 cm³/mol. The van der Waals surface area contributed by atoms with Gasteiger partial charge in [-0.05, 0) is 31.2 Å². The van der Waals surface area contributed by atoms with Crippen LogP contribution in [0.1, 0.15) is 17.1 Å². The summed E-state index contributed by atoms with van der Waals surface area (Å²) in [5.74, 6) is 2.97. The third kappa shape index (κ3) is 7.93. The molecule has 0 saturated carbocycles. The number of aryl methyl sites for hydroxylation is 1. The Morgan fingerprint density at radius 1 is 1.06 bits per heavy atom. The number of aromatic amines is 1. The number of imidazole rings is 1. The highest BCUT2D eigenvalue weighted by Gasteiger charge is 2.25. The molecule has 8 nitrogen and oxygen atoms in total. The van der Waals surface area contributed by atoms with Gasteiger partial charge in [-0.15, -0.1) is 0 Å². The molecule has 0 bridgehead atoms. The third-order valence-electron chi connectivity index (χ3n) is 5.00. The lowest BCUT2D eigenvalue weighted by Gasteiger charge is -2.16. The standard InChI is InChI=1S/C24H27ClN6O2S3/c1-18-21(31-17-30-18)15-34-12-10-28-24(23(14-26)36(32,33)19-6-3-2-4-7-19)29-11-13-35-16-22-20(25)8-5-9-27-22/h2-9,17,28-29H,10-13,15-16H2,1H3,(H,30,31). The van der Waals surface area contributed by atoms with Crippen molar-refractivity contribution < 1.29 is 8.42 Å². The molecule has 2 aromatic heterocycles. The number of allylic oxidation sites excluding steroid dienone is 1. The van der Waals surface area contributed by atoms with Crippen molar-refractivity contribution in [1.82, 2.24) is 25.6 Å². The van der Waals surface area contributed by atoms with Crippen LogP contribution in [0.3, 0.4) is 0 Å². The highest BCUT2D eigenvalue weighted by molar-refractivity contribution is 7.98. The molecule has 0 aliphatic carbocycles. The van der Waals surface area contributed by atoms with Gasteiger partial charge in [-0.1, -0.05) is 29.8 Å². The smallest absolute Gasteiger partial charge is 0.220 e. The summed E-state index contributed by atoms with van der Waals surface area (Å²) in [5, 5.41) is 16.7. The fourth-order valence-corrected chi connectivity index (χ4v) is 6.34. The fraction of sp³-hybridized carbons (Fsp3) is 0.292. The van der Waals surface area contributed by atoms with Gasteiger partial charge in [0.15, 0.2) is 4.91 Å². The minimum Gasteiger partial charge on any atom is -0.369 e. The normalized spacial score (nSPS) is 12.0. The lowest BCUT2D eigenvalue weighted by atomic mass is 10.4. The SMILES string of the molecule is Cc1nc[nH]c1CSCCNC(NCCSCc1ncccc1Cl)=C(C#N)S(=O)(=O)c1ccccc1. The van der Waals surface area contributed by atoms with Crippen LogP contribution >= 0.6 is 35.1 Å². The molecule has 0 saturated heterocycles. The second-order valence-corrected chi connectivity index (χ2v) is 12.0. The van der Waals surface area contributed by atoms with E-state index in [1.165, 1.54) is 12.1 Å². The number of benzene rings is 1. The Morgan fingerprint density at radius 3 is 2.36 bits per heavy atom. The molecular formula is C24H27ClN6O2S3. The topological polar surface area (TPSA) is 124 Å². The van der Waals surface area contributed by atoms with Crippen LogP contribution in [0.15, 0.2) is 70.6 Å². The van der Waals surface area contributed by atoms with Gasteiger partial charge in [0.25, 0.3) is 0 Å². The van der Waals surface area contributed by atoms with Crippen molar-refractivity contribution in [2.45, 2.75) is 23.3 Å². The maximum Gasteiger partial charge on any atom is 0.220 e. The van der Waals surface area contributed by atoms with Crippen LogP contribution in [0, 0.1) is 18.3 Å². The van der Waals surface area contributed by atoms with E-state index in [0.717, 1.165) is 22.8 Å². The molecule has 0 spiro atoms. The average Bonchev–Trinajstić information content (AvgIpc) is 3.29. The van der Waals surface area contributed by atoms with E-state index in [1.54, 1.807) is 66.4 Å². The van der Waals surface area contributed by atoms with Gasteiger partial charge in [-0.25, -0.2) is 13.4 Å². The van der Waals surface area contributed by atoms with Crippen LogP contribution in [0.25, 0.3) is 0 Å². The summed E-state index contributed by atoms with van der Waals surface area (Å²) < 4.78 is 26.4. The third-order valence-corrected chi connectivity index (χ3v) is 9.03. The van der Waals surface area contributed by atoms with Gasteiger partial charge in [0.1, 0.15) is 11.9 Å². The highest BCUT2D eigenvalue weighted by atomic mass is 35.5. The Kier molecular flexibility index (Phi) is 11.0. The number of pyridine rings is 1. The van der Waals surface area contributed by atoms with E-state index in [-0.39, 0.29) is 15.6 Å². The molecule has 190 valence electrons. The first kappa shape index (κ1) is 27.9. The van der Waals surface area contributed by atoms with Crippen LogP contribution in [0.5, 0.6) is 0 Å². The van der Waals surface area contributed by atoms with Crippen LogP contribution in [0.4, 0.5) is 0 Å². The second kappa shape index (κ2) is 14.2. The van der Waals surface area contributed by atoms with Gasteiger partial charge in [-0.3, -0.25) is 4.98 Å². The maximum atomic E-state index is 13.2. The van der Waals surface area contributed by atoms with Crippen molar-refractivity contribution in [2.24, 2.45) is 0 Å². The molecular weight excluding hydrogens is 536 g/mol. The van der Waals surface area contributed by atoms with Gasteiger partial charge < -0.3 is 15.6 Å². The molecule has 0 unspecified atom stereocenters. The summed E-state index contributed by atoms with van der Waals surface area (Å²) in [6.45, 7) is 2.88. The number of nitrogens with one attached hydrogen (secondary N) is 3. The molecule has 2 heterocycles. The van der Waals surface area contributed by atoms with Crippen LogP contribution in [0.2, 0.25) is 5.02 Å². The number of sulfone groups is 1. The molecule has 3 rings (SSSR count). The van der Waals surface area contributed by atoms with Crippen molar-refractivity contribution in [2.75, 3.05) is 24.6 Å². The van der Waals surface area contributed by atoms with Crippen molar-refractivity contribution in [1.29, 1.82) is 5.26 Å². The summed E-state index contributed by atoms with van der Waals surface area (Å²) in [7, 11) is -3.99. The first-order valence-corrected chi connectivity index (χ1v) is 15.3. The molecule has 3 aromatic rings. The molecule has 0 fully saturated rings. The molecule has 3 N–H and O–H groups in total. The summed E-state index contributed by atoms with van der Waals surface area (Å²) in [6, 6.07) is 13.5. The first-order valence-electron chi connectivity index (χ1n) is 11.1. The molecule has 0 atom stereocenters. The average molecular weight is 563 g/mol. The number of nitriles is 1. The monoisotopic (exact) mass is 562 g/mol. The van der Waals surface area contributed by atoms with E-state index in [1.807, 2.05) is 13.0 Å². The van der Waals surface area contributed by atoms with Crippen molar-refractivity contribution in [3.8, 4) is 6.07 Å². The zero-order valence-electron chi connectivity index (χ0n) is 19.7. The second-order valence-electron chi connectivity index (χ2n) is 7.49. The Labute approximate surface area is 225 Å². The minimum absolute atomic E-state index is 0.0749. The number of hydrogen-bond donors (Lipinski definition) is 3. The van der Waals surface area contributed by atoms with Crippen molar-refractivity contribution in [3.05, 3.63) is 87.8 Å². The van der Waals surface area contributed by atoms with E-state index >= 15 is 0 Å². The fourth-order valence-electron chi connectivity index (χ4n) is 3.09. The molecule has 12 heteroatoms. The minimum atomic E-state index is -3.99. The van der Waals surface area contributed by atoms with E-state index in [2.05, 4.69) is 25.6 Å². The lowest BCUT2D eigenvalue weighted by molar-refractivity contribution is 0.601. The number of H-pyrrole nitrogens is 1. The van der Waals surface area contributed by atoms with E-state index < -0.39 is 9.84 Å².